The van der Waals surface area contributed by atoms with Gasteiger partial charge in [0, 0.05) is 103 Å². The van der Waals surface area contributed by atoms with E-state index >= 15 is 0 Å². The second-order valence-corrected chi connectivity index (χ2v) is 39.0. The number of aromatic nitrogens is 4. The van der Waals surface area contributed by atoms with Crippen molar-refractivity contribution in [2.24, 2.45) is 0 Å². The summed E-state index contributed by atoms with van der Waals surface area (Å²) < 4.78 is 94.4. The molecule has 9 aromatic carbocycles. The number of benzene rings is 9. The molecule has 1 aliphatic heterocycles. The van der Waals surface area contributed by atoms with Crippen molar-refractivity contribution in [3.05, 3.63) is 332 Å². The Morgan fingerprint density at radius 1 is 0.526 bits per heavy atom. The number of carbonyl (C=O) groups is 5. The second-order valence-electron chi connectivity index (χ2n) is 25.5. The van der Waals surface area contributed by atoms with Crippen LogP contribution >= 0.6 is 184 Å². The minimum Gasteiger partial charge on any atom is -0.870 e. The van der Waals surface area contributed by atoms with E-state index in [1.807, 2.05) is 74.5 Å². The van der Waals surface area contributed by atoms with E-state index in [0.29, 0.717) is 84.4 Å². The van der Waals surface area contributed by atoms with Gasteiger partial charge in [-0.05, 0) is 217 Å². The fourth-order valence-corrected chi connectivity index (χ4v) is 14.9. The second kappa shape index (κ2) is 67.7. The summed E-state index contributed by atoms with van der Waals surface area (Å²) in [5.41, 5.74) is 17.0. The molecule has 0 bridgehead atoms. The minimum absolute atomic E-state index is 0. The standard InChI is InChI=1S/C16H12ClNO3S.C11H7Cl2NOS.C11H9ClN2O2S.C11H8ClNO2S.C10H6ClNO2S.C9H6ClNO.C8H6ClN.C7H7ClO2S.C4H8O.C3H6O2S.Cl2OS.Li.2H2O/c1-12-2-8-16(9-3-12)22(19,20)21-11-14(10-18)13-4-6-15(17)7-5-13;12-6-10(15)11-5-9(14-16-11)7-1-3-8(13)4-2-7;1-16-11(15)10-8(13)9(14-17-10)6-2-4-7(12)5-3-6;1-15-11(14)10-6-9(13-16-10)7-2-4-8(12)5-3-7;11-7-3-1-6(2-4-7)8-5-9(10(13)14)15-12-8;10-9-3-1-7(2-4-9)8(5-11)6-12;9-8-3-1-7(2-4-8)5-6-10;1-6-2-4-7(5-3-6)11(8,9)10;1-2-4-5-3-1;1-5-3(4)2-6;1-4(2)3;;;/h2-9,11H,1H3;1-5H,6H2;2-5H,13H2,1H3;2-6H,1H3;1-5H,(H,13,14);1-4,6,12H;1-4H,5H2;2-5H,1H3;1-4H2;6H,2H2,1H3;;;2*1H2/q;;;;;;;;;;;+1;;/p-1/b14-11+;;;;;8-6+;;;;;;;;. The quantitative estimate of drug-likeness (QED) is 0.00628. The van der Waals surface area contributed by atoms with Gasteiger partial charge in [-0.15, -0.1) is 11.6 Å². The summed E-state index contributed by atoms with van der Waals surface area (Å²) in [6, 6.07) is 72.6. The summed E-state index contributed by atoms with van der Waals surface area (Å²) in [5, 5.41) is 47.8. The number of ether oxygens (including phenoxy) is 4. The van der Waals surface area contributed by atoms with Crippen LogP contribution in [-0.2, 0) is 62.7 Å². The van der Waals surface area contributed by atoms with E-state index in [4.69, 9.17) is 148 Å². The fourth-order valence-electron chi connectivity index (χ4n) is 9.37. The molecule has 14 rings (SSSR count). The number of nitrogen functional groups attached to an aromatic ring is 1. The molecule has 1 fully saturated rings. The van der Waals surface area contributed by atoms with Crippen molar-refractivity contribution in [1.29, 1.82) is 15.8 Å². The Kier molecular flexibility index (Phi) is 62.0. The first-order valence-electron chi connectivity index (χ1n) is 37.4. The number of thiol groups is 1. The number of aryl methyl sites for hydroxylation is 2. The Hall–Kier alpha value is -9.53. The van der Waals surface area contributed by atoms with E-state index in [0.717, 1.165) is 122 Å². The average Bonchev–Trinajstić information content (AvgIpc) is 1.68. The third kappa shape index (κ3) is 47.8. The number of nitriles is 3. The number of esters is 3. The van der Waals surface area contributed by atoms with Crippen molar-refractivity contribution in [3.63, 3.8) is 0 Å². The number of aliphatic hydroxyl groups excluding tert-OH is 1. The van der Waals surface area contributed by atoms with Crippen molar-refractivity contribution in [3.8, 4) is 63.2 Å². The SMILES string of the molecule is C1CCOC1.COC(=O)CS.COC(=O)c1cc(-c2ccc(Cl)cc2)ns1.COC(=O)c1snc(-c2ccc(Cl)cc2)c1N.Cc1ccc(S(=O)(=O)Cl)cc1.Cc1ccc(S(=O)(=O)O/C=C(\C#N)c2ccc(Cl)cc2)cc1.N#C/C(=C\O)c1ccc(Cl)cc1.N#CCc1ccc(Cl)cc1.O.O=C(CCl)c1cc(-c2ccc(Cl)cc2)ns1.O=C(O)c1cc(-c2ccc(Cl)cc2)ns1.O=S(Cl)Cl.[Li+].[OH-]. The van der Waals surface area contributed by atoms with Crippen LogP contribution in [0.25, 0.3) is 56.2 Å². The Bertz CT molecular complexity index is 6290. The molecule has 0 saturated carbocycles. The summed E-state index contributed by atoms with van der Waals surface area (Å²) in [7, 11) is 8.93. The molecule has 0 radical (unpaired) electrons. The number of Topliss-reactive ketones (excluding diaryl/α,β-unsaturated/α-hetero) is 1. The molecule has 7 N–H and O–H groups in total. The number of carboxylic acid groups (broad SMARTS) is 1. The number of carbonyl (C=O) groups excluding carboxylic acids is 4. The van der Waals surface area contributed by atoms with Crippen molar-refractivity contribution in [2.75, 3.05) is 51.9 Å². The molecule has 0 aliphatic carbocycles. The molecule has 0 unspecified atom stereocenters. The van der Waals surface area contributed by atoms with Crippen molar-refractivity contribution < 1.29 is 108 Å². The number of aromatic carboxylic acids is 1. The van der Waals surface area contributed by atoms with Gasteiger partial charge in [0.1, 0.15) is 38.7 Å². The van der Waals surface area contributed by atoms with Gasteiger partial charge < -0.3 is 50.0 Å². The number of aliphatic hydroxyl groups is 1. The van der Waals surface area contributed by atoms with E-state index in [1.165, 1.54) is 58.4 Å². The van der Waals surface area contributed by atoms with Crippen LogP contribution in [0.1, 0.15) is 79.3 Å². The van der Waals surface area contributed by atoms with Crippen LogP contribution in [0, 0.1) is 47.8 Å². The molecule has 27 nitrogen and oxygen atoms in total. The van der Waals surface area contributed by atoms with Crippen molar-refractivity contribution >= 4 is 259 Å². The van der Waals surface area contributed by atoms with Gasteiger partial charge in [0.15, 0.2) is 10.7 Å². The molecular formula is C90H78Cl11LiN8O19S8. The van der Waals surface area contributed by atoms with Crippen LogP contribution in [0.5, 0.6) is 0 Å². The summed E-state index contributed by atoms with van der Waals surface area (Å²) >= 11 is 53.5. The first-order valence-corrected chi connectivity index (χ1v) is 50.9. The summed E-state index contributed by atoms with van der Waals surface area (Å²) in [6.07, 6.45) is 4.72. The molecule has 1 saturated heterocycles. The number of ketones is 1. The Morgan fingerprint density at radius 2 is 0.876 bits per heavy atom. The zero-order valence-corrected chi connectivity index (χ0v) is 87.2. The zero-order valence-electron chi connectivity index (χ0n) is 72.3. The molecule has 5 heterocycles. The number of nitrogens with zero attached hydrogens (tertiary/aromatic N) is 7. The molecular weight excluding hydrogens is 2150 g/mol. The van der Waals surface area contributed by atoms with Crippen LogP contribution in [0.2, 0.25) is 35.2 Å². The largest absolute Gasteiger partial charge is 1.00 e. The maximum atomic E-state index is 12.1. The predicted octanol–water partition coefficient (Wildman–Crippen LogP) is 22.1. The van der Waals surface area contributed by atoms with Crippen LogP contribution < -0.4 is 24.6 Å². The van der Waals surface area contributed by atoms with Gasteiger partial charge in [-0.3, -0.25) is 9.59 Å². The Morgan fingerprint density at radius 3 is 1.20 bits per heavy atom. The molecule has 718 valence electrons. The summed E-state index contributed by atoms with van der Waals surface area (Å²) in [6.45, 7) is 5.73. The van der Waals surface area contributed by atoms with Crippen LogP contribution in [0.3, 0.4) is 0 Å². The minimum atomic E-state index is -3.95. The summed E-state index contributed by atoms with van der Waals surface area (Å²) in [5.74, 6) is -2.03. The topological polar surface area (TPSA) is 468 Å². The van der Waals surface area contributed by atoms with E-state index in [-0.39, 0.29) is 85.0 Å². The van der Waals surface area contributed by atoms with Crippen molar-refractivity contribution in [1.82, 2.24) is 17.5 Å². The number of alkyl halides is 1. The number of rotatable bonds is 17. The molecule has 0 amide bonds. The number of hydrogen-bond acceptors (Lipinski definition) is 30. The predicted molar refractivity (Wildman–Crippen MR) is 548 cm³/mol. The third-order valence-electron chi connectivity index (χ3n) is 16.1. The maximum absolute atomic E-state index is 12.1. The number of carboxylic acids is 1. The summed E-state index contributed by atoms with van der Waals surface area (Å²) in [4.78, 5) is 56.3. The molecule has 0 atom stereocenters. The Balaban J connectivity index is 0.000000769. The van der Waals surface area contributed by atoms with Gasteiger partial charge in [-0.1, -0.05) is 202 Å². The maximum Gasteiger partial charge on any atom is 1.00 e. The number of methoxy groups -OCH3 is 3. The average molecular weight is 2230 g/mol. The number of nitrogens with two attached hydrogens (primary N) is 1. The monoisotopic (exact) mass is 2220 g/mol. The first-order chi connectivity index (χ1) is 63.8. The van der Waals surface area contributed by atoms with E-state index < -0.39 is 40.3 Å². The number of halogens is 11. The van der Waals surface area contributed by atoms with Gasteiger partial charge in [0.25, 0.3) is 9.05 Å². The number of hydrogen-bond donors (Lipinski definition) is 4. The molecule has 1 aliphatic rings. The van der Waals surface area contributed by atoms with Crippen LogP contribution in [0.4, 0.5) is 5.69 Å². The van der Waals surface area contributed by atoms with E-state index in [9.17, 15) is 40.8 Å². The van der Waals surface area contributed by atoms with Crippen LogP contribution in [-0.4, -0.2) is 136 Å². The van der Waals surface area contributed by atoms with Gasteiger partial charge in [0.2, 0.25) is 9.23 Å². The number of allylic oxidation sites excluding steroid dienone is 2. The van der Waals surface area contributed by atoms with Gasteiger partial charge >= 0.3 is 52.9 Å². The molecule has 4 aromatic heterocycles. The number of anilines is 1. The fraction of sp³-hybridized carbons (Fsp3) is 0.133. The smallest absolute Gasteiger partial charge is 0.870 e. The first kappa shape index (κ1) is 125. The Labute approximate surface area is 880 Å². The molecule has 47 heteroatoms. The zero-order chi connectivity index (χ0) is 99.5. The van der Waals surface area contributed by atoms with Crippen LogP contribution in [0.15, 0.2) is 259 Å². The van der Waals surface area contributed by atoms with Gasteiger partial charge in [-0.25, -0.2) is 27.0 Å². The molecule has 13 aromatic rings. The normalized spacial score (nSPS) is 10.6. The third-order valence-corrected chi connectivity index (χ3v) is 24.2. The van der Waals surface area contributed by atoms with E-state index in [2.05, 4.69) is 71.8 Å². The van der Waals surface area contributed by atoms with E-state index in [1.54, 1.807) is 164 Å². The van der Waals surface area contributed by atoms with Gasteiger partial charge in [0.05, 0.1) is 95.4 Å². The van der Waals surface area contributed by atoms with Crippen molar-refractivity contribution in [2.45, 2.75) is 42.9 Å². The van der Waals surface area contributed by atoms with Gasteiger partial charge in [-0.2, -0.15) is 54.3 Å². The molecule has 0 spiro atoms. The molecule has 137 heavy (non-hydrogen) atoms.